The number of nitrogens with zero attached hydrogens (tertiary/aromatic N) is 2. The van der Waals surface area contributed by atoms with Gasteiger partial charge in [-0.05, 0) is 12.8 Å². The highest BCUT2D eigenvalue weighted by Crippen LogP contribution is 1.97. The van der Waals surface area contributed by atoms with Crippen molar-refractivity contribution in [1.82, 2.24) is 9.55 Å². The van der Waals surface area contributed by atoms with Gasteiger partial charge in [-0.15, -0.1) is 17.0 Å². The minimum Gasteiger partial charge on any atom is -0.337 e. The summed E-state index contributed by atoms with van der Waals surface area (Å²) in [6.07, 6.45) is 8.12. The number of aryl methyl sites for hydroxylation is 1. The molecule has 64 valence electrons. The molecule has 0 aliphatic carbocycles. The summed E-state index contributed by atoms with van der Waals surface area (Å²) in [7, 11) is 0. The zero-order valence-corrected chi connectivity index (χ0v) is 9.54. The third-order valence-electron chi connectivity index (χ3n) is 1.36. The zero-order valence-electron chi connectivity index (χ0n) is 6.24. The van der Waals surface area contributed by atoms with Gasteiger partial charge in [-0.3, -0.25) is 0 Å². The summed E-state index contributed by atoms with van der Waals surface area (Å²) in [5.74, 6) is 0. The van der Waals surface area contributed by atoms with Crippen LogP contribution in [0.25, 0.3) is 0 Å². The van der Waals surface area contributed by atoms with Crippen molar-refractivity contribution in [2.75, 3.05) is 5.33 Å². The van der Waals surface area contributed by atoms with Crippen LogP contribution in [0.3, 0.4) is 0 Å². The van der Waals surface area contributed by atoms with E-state index in [1.54, 1.807) is 0 Å². The molecule has 1 rings (SSSR count). The second-order valence-electron chi connectivity index (χ2n) is 2.20. The molecule has 4 heteroatoms. The second kappa shape index (κ2) is 6.85. The number of aromatic nitrogens is 2. The maximum Gasteiger partial charge on any atom is 0.0945 e. The topological polar surface area (TPSA) is 17.8 Å². The van der Waals surface area contributed by atoms with Crippen LogP contribution in [0.4, 0.5) is 0 Å². The number of rotatable bonds is 4. The molecule has 0 saturated carbocycles. The van der Waals surface area contributed by atoms with Gasteiger partial charge in [0.25, 0.3) is 0 Å². The van der Waals surface area contributed by atoms with Crippen LogP contribution in [0.15, 0.2) is 18.7 Å². The normalized spacial score (nSPS) is 9.18. The number of alkyl halides is 1. The lowest BCUT2D eigenvalue weighted by Gasteiger charge is -1.98. The van der Waals surface area contributed by atoms with E-state index in [0.29, 0.717) is 0 Å². The molecule has 1 aromatic rings. The average Bonchev–Trinajstić information content (AvgIpc) is 2.41. The van der Waals surface area contributed by atoms with E-state index in [-0.39, 0.29) is 17.0 Å². The number of hydrogen-bond acceptors (Lipinski definition) is 1. The highest BCUT2D eigenvalue weighted by atomic mass is 79.9. The first-order valence-corrected chi connectivity index (χ1v) is 4.57. The molecular formula is C7H12Br2N2. The Morgan fingerprint density at radius 1 is 1.36 bits per heavy atom. The number of imidazole rings is 1. The molecule has 0 fully saturated rings. The van der Waals surface area contributed by atoms with Crippen molar-refractivity contribution in [2.24, 2.45) is 0 Å². The minimum atomic E-state index is 0. The third kappa shape index (κ3) is 4.58. The van der Waals surface area contributed by atoms with Gasteiger partial charge in [-0.1, -0.05) is 15.9 Å². The van der Waals surface area contributed by atoms with Gasteiger partial charge < -0.3 is 4.57 Å². The van der Waals surface area contributed by atoms with Gasteiger partial charge in [-0.25, -0.2) is 4.98 Å². The van der Waals surface area contributed by atoms with E-state index in [0.717, 1.165) is 11.9 Å². The Hall–Kier alpha value is 0.170. The minimum absolute atomic E-state index is 0. The third-order valence-corrected chi connectivity index (χ3v) is 1.92. The second-order valence-corrected chi connectivity index (χ2v) is 2.99. The molecule has 0 aliphatic rings. The van der Waals surface area contributed by atoms with E-state index >= 15 is 0 Å². The van der Waals surface area contributed by atoms with Crippen molar-refractivity contribution >= 4 is 32.9 Å². The van der Waals surface area contributed by atoms with Crippen LogP contribution in [0.2, 0.25) is 0 Å². The molecule has 0 aromatic carbocycles. The quantitative estimate of drug-likeness (QED) is 0.614. The predicted molar refractivity (Wildman–Crippen MR) is 55.6 cm³/mol. The van der Waals surface area contributed by atoms with Crippen molar-refractivity contribution in [3.63, 3.8) is 0 Å². The summed E-state index contributed by atoms with van der Waals surface area (Å²) in [5.41, 5.74) is 0. The maximum atomic E-state index is 3.95. The van der Waals surface area contributed by atoms with Gasteiger partial charge in [0.2, 0.25) is 0 Å². The molecule has 0 spiro atoms. The van der Waals surface area contributed by atoms with Crippen LogP contribution >= 0.6 is 32.9 Å². The SMILES string of the molecule is Br.BrCCCCn1ccnc1. The standard InChI is InChI=1S/C7H11BrN2.BrH/c8-3-1-2-5-10-6-4-9-7-10;/h4,6-7H,1-3,5H2;1H. The predicted octanol–water partition coefficient (Wildman–Crippen LogP) is 2.64. The van der Waals surface area contributed by atoms with Crippen molar-refractivity contribution in [3.05, 3.63) is 18.7 Å². The highest BCUT2D eigenvalue weighted by Gasteiger charge is 1.87. The first-order valence-electron chi connectivity index (χ1n) is 3.45. The first kappa shape index (κ1) is 11.2. The van der Waals surface area contributed by atoms with E-state index in [2.05, 4.69) is 25.5 Å². The molecule has 1 aromatic heterocycles. The van der Waals surface area contributed by atoms with Crippen molar-refractivity contribution in [2.45, 2.75) is 19.4 Å². The van der Waals surface area contributed by atoms with Crippen molar-refractivity contribution in [3.8, 4) is 0 Å². The van der Waals surface area contributed by atoms with Crippen molar-refractivity contribution < 1.29 is 0 Å². The monoisotopic (exact) mass is 282 g/mol. The van der Waals surface area contributed by atoms with Crippen LogP contribution < -0.4 is 0 Å². The fraction of sp³-hybridized carbons (Fsp3) is 0.571. The Labute approximate surface area is 85.9 Å². The van der Waals surface area contributed by atoms with Crippen LogP contribution in [-0.2, 0) is 6.54 Å². The van der Waals surface area contributed by atoms with Crippen LogP contribution in [-0.4, -0.2) is 14.9 Å². The van der Waals surface area contributed by atoms with E-state index in [1.165, 1.54) is 12.8 Å². The van der Waals surface area contributed by atoms with Crippen LogP contribution in [0, 0.1) is 0 Å². The Kier molecular flexibility index (Phi) is 6.96. The molecular weight excluding hydrogens is 272 g/mol. The van der Waals surface area contributed by atoms with Gasteiger partial charge in [-0.2, -0.15) is 0 Å². The molecule has 0 radical (unpaired) electrons. The molecule has 0 N–H and O–H groups in total. The molecule has 0 unspecified atom stereocenters. The smallest absolute Gasteiger partial charge is 0.0945 e. The molecule has 0 bridgehead atoms. The Morgan fingerprint density at radius 2 is 2.18 bits per heavy atom. The summed E-state index contributed by atoms with van der Waals surface area (Å²) in [4.78, 5) is 3.95. The average molecular weight is 284 g/mol. The van der Waals surface area contributed by atoms with E-state index in [1.807, 2.05) is 18.7 Å². The number of halogens is 2. The number of unbranched alkanes of at least 4 members (excludes halogenated alkanes) is 1. The summed E-state index contributed by atoms with van der Waals surface area (Å²) < 4.78 is 2.10. The van der Waals surface area contributed by atoms with E-state index in [4.69, 9.17) is 0 Å². The lowest BCUT2D eigenvalue weighted by atomic mass is 10.3. The van der Waals surface area contributed by atoms with Gasteiger partial charge in [0, 0.05) is 24.3 Å². The molecule has 0 amide bonds. The Bertz CT molecular complexity index is 163. The van der Waals surface area contributed by atoms with Crippen LogP contribution in [0.5, 0.6) is 0 Å². The van der Waals surface area contributed by atoms with Gasteiger partial charge in [0.15, 0.2) is 0 Å². The van der Waals surface area contributed by atoms with Gasteiger partial charge in [0.05, 0.1) is 6.33 Å². The largest absolute Gasteiger partial charge is 0.337 e. The Balaban J connectivity index is 0.000001000. The summed E-state index contributed by atoms with van der Waals surface area (Å²) in [6.45, 7) is 1.09. The maximum absolute atomic E-state index is 3.95. The van der Waals surface area contributed by atoms with Gasteiger partial charge >= 0.3 is 0 Å². The van der Waals surface area contributed by atoms with Crippen molar-refractivity contribution in [1.29, 1.82) is 0 Å². The Morgan fingerprint density at radius 3 is 2.73 bits per heavy atom. The lowest BCUT2D eigenvalue weighted by Crippen LogP contribution is -1.93. The summed E-state index contributed by atoms with van der Waals surface area (Å²) in [6, 6.07) is 0. The fourth-order valence-corrected chi connectivity index (χ4v) is 1.20. The molecule has 0 atom stereocenters. The lowest BCUT2D eigenvalue weighted by molar-refractivity contribution is 0.635. The summed E-state index contributed by atoms with van der Waals surface area (Å²) >= 11 is 3.39. The molecule has 1 heterocycles. The zero-order chi connectivity index (χ0) is 7.23. The molecule has 2 nitrogen and oxygen atoms in total. The fourth-order valence-electron chi connectivity index (χ4n) is 0.808. The molecule has 0 aliphatic heterocycles. The van der Waals surface area contributed by atoms with E-state index < -0.39 is 0 Å². The molecule has 0 saturated heterocycles. The first-order chi connectivity index (χ1) is 4.93. The summed E-state index contributed by atoms with van der Waals surface area (Å²) in [5, 5.41) is 1.10. The highest BCUT2D eigenvalue weighted by molar-refractivity contribution is 9.09. The molecule has 11 heavy (non-hydrogen) atoms. The van der Waals surface area contributed by atoms with E-state index in [9.17, 15) is 0 Å². The van der Waals surface area contributed by atoms with Crippen LogP contribution in [0.1, 0.15) is 12.8 Å². The number of hydrogen-bond donors (Lipinski definition) is 0. The van der Waals surface area contributed by atoms with Gasteiger partial charge in [0.1, 0.15) is 0 Å².